The highest BCUT2D eigenvalue weighted by atomic mass is 35.5. The maximum Gasteiger partial charge on any atom is 0.287 e. The van der Waals surface area contributed by atoms with Gasteiger partial charge in [-0.1, -0.05) is 29.3 Å². The Morgan fingerprint density at radius 3 is 2.39 bits per heavy atom. The molecule has 1 amide bonds. The van der Waals surface area contributed by atoms with Gasteiger partial charge in [0.1, 0.15) is 18.1 Å². The highest BCUT2D eigenvalue weighted by Crippen LogP contribution is 2.29. The molecule has 0 spiro atoms. The van der Waals surface area contributed by atoms with E-state index in [1.807, 2.05) is 32.0 Å². The lowest BCUT2D eigenvalue weighted by Crippen LogP contribution is -2.22. The minimum absolute atomic E-state index is 0.130. The standard InChI is InChI=1S/C23H23Cl2NO5/c1-3-28-20-8-5-15(11-22(20)29-4-2)13-26-23(27)21-10-7-17(31-21)14-30-19-9-6-16(24)12-18(19)25/h5-12H,3-4,13-14H2,1-2H3,(H,26,27). The van der Waals surface area contributed by atoms with Crippen LogP contribution in [0.25, 0.3) is 0 Å². The van der Waals surface area contributed by atoms with Crippen molar-refractivity contribution in [1.82, 2.24) is 5.32 Å². The van der Waals surface area contributed by atoms with E-state index in [-0.39, 0.29) is 18.3 Å². The molecule has 0 saturated heterocycles. The summed E-state index contributed by atoms with van der Waals surface area (Å²) in [6.07, 6.45) is 0. The van der Waals surface area contributed by atoms with Crippen molar-refractivity contribution in [1.29, 1.82) is 0 Å². The van der Waals surface area contributed by atoms with Gasteiger partial charge in [-0.25, -0.2) is 0 Å². The average Bonchev–Trinajstić information content (AvgIpc) is 3.22. The molecule has 0 fully saturated rings. The third kappa shape index (κ3) is 6.32. The molecule has 1 N–H and O–H groups in total. The Morgan fingerprint density at radius 1 is 0.903 bits per heavy atom. The van der Waals surface area contributed by atoms with Gasteiger partial charge in [-0.05, 0) is 61.9 Å². The van der Waals surface area contributed by atoms with Gasteiger partial charge < -0.3 is 23.9 Å². The minimum Gasteiger partial charge on any atom is -0.490 e. The molecule has 0 saturated carbocycles. The smallest absolute Gasteiger partial charge is 0.287 e. The number of carbonyl (C=O) groups is 1. The van der Waals surface area contributed by atoms with Gasteiger partial charge in [0.25, 0.3) is 5.91 Å². The van der Waals surface area contributed by atoms with Crippen LogP contribution in [0.5, 0.6) is 17.2 Å². The van der Waals surface area contributed by atoms with E-state index in [4.69, 9.17) is 41.8 Å². The molecule has 3 rings (SSSR count). The Hall–Kier alpha value is -2.83. The maximum absolute atomic E-state index is 12.4. The number of amides is 1. The van der Waals surface area contributed by atoms with Crippen molar-refractivity contribution in [2.75, 3.05) is 13.2 Å². The van der Waals surface area contributed by atoms with Gasteiger partial charge in [-0.2, -0.15) is 0 Å². The van der Waals surface area contributed by atoms with E-state index in [0.717, 1.165) is 5.56 Å². The molecule has 1 aromatic heterocycles. The zero-order chi connectivity index (χ0) is 22.2. The number of furan rings is 1. The monoisotopic (exact) mass is 463 g/mol. The zero-order valence-corrected chi connectivity index (χ0v) is 18.8. The Balaban J connectivity index is 1.56. The van der Waals surface area contributed by atoms with Crippen LogP contribution in [0.4, 0.5) is 0 Å². The second kappa shape index (κ2) is 11.0. The van der Waals surface area contributed by atoms with E-state index in [1.54, 1.807) is 30.3 Å². The third-order valence-corrected chi connectivity index (χ3v) is 4.74. The summed E-state index contributed by atoms with van der Waals surface area (Å²) in [5, 5.41) is 3.76. The van der Waals surface area contributed by atoms with Crippen molar-refractivity contribution in [3.05, 3.63) is 75.7 Å². The first-order valence-corrected chi connectivity index (χ1v) is 10.6. The van der Waals surface area contributed by atoms with Crippen LogP contribution in [-0.4, -0.2) is 19.1 Å². The van der Waals surface area contributed by atoms with Crippen LogP contribution < -0.4 is 19.5 Å². The number of nitrogens with one attached hydrogen (secondary N) is 1. The first-order chi connectivity index (χ1) is 15.0. The number of halogens is 2. The lowest BCUT2D eigenvalue weighted by atomic mass is 10.2. The summed E-state index contributed by atoms with van der Waals surface area (Å²) in [6, 6.07) is 13.8. The van der Waals surface area contributed by atoms with E-state index in [2.05, 4.69) is 5.32 Å². The summed E-state index contributed by atoms with van der Waals surface area (Å²) in [7, 11) is 0. The van der Waals surface area contributed by atoms with Crippen LogP contribution in [0, 0.1) is 0 Å². The van der Waals surface area contributed by atoms with Crippen molar-refractivity contribution in [2.45, 2.75) is 27.0 Å². The molecule has 164 valence electrons. The summed E-state index contributed by atoms with van der Waals surface area (Å²) in [6.45, 7) is 5.34. The molecule has 0 aliphatic heterocycles. The Morgan fingerprint density at radius 2 is 1.65 bits per heavy atom. The topological polar surface area (TPSA) is 69.9 Å². The predicted octanol–water partition coefficient (Wildman–Crippen LogP) is 5.89. The quantitative estimate of drug-likeness (QED) is 0.405. The molecule has 6 nitrogen and oxygen atoms in total. The summed E-state index contributed by atoms with van der Waals surface area (Å²) in [5.41, 5.74) is 0.882. The highest BCUT2D eigenvalue weighted by Gasteiger charge is 2.13. The lowest BCUT2D eigenvalue weighted by molar-refractivity contribution is 0.0919. The van der Waals surface area contributed by atoms with Crippen LogP contribution in [0.2, 0.25) is 10.0 Å². The molecule has 0 atom stereocenters. The molecular weight excluding hydrogens is 441 g/mol. The summed E-state index contributed by atoms with van der Waals surface area (Å²) >= 11 is 12.0. The van der Waals surface area contributed by atoms with E-state index in [0.29, 0.717) is 52.8 Å². The van der Waals surface area contributed by atoms with Gasteiger partial charge in [0.05, 0.1) is 18.2 Å². The van der Waals surface area contributed by atoms with Crippen molar-refractivity contribution < 1.29 is 23.4 Å². The third-order valence-electron chi connectivity index (χ3n) is 4.21. The second-order valence-electron chi connectivity index (χ2n) is 6.46. The largest absolute Gasteiger partial charge is 0.490 e. The van der Waals surface area contributed by atoms with E-state index in [1.165, 1.54) is 0 Å². The molecule has 31 heavy (non-hydrogen) atoms. The maximum atomic E-state index is 12.4. The Labute approximate surface area is 191 Å². The van der Waals surface area contributed by atoms with Gasteiger partial charge in [-0.3, -0.25) is 4.79 Å². The summed E-state index contributed by atoms with van der Waals surface area (Å²) < 4.78 is 22.4. The average molecular weight is 464 g/mol. The number of ether oxygens (including phenoxy) is 3. The van der Waals surface area contributed by atoms with Gasteiger partial charge in [0, 0.05) is 11.6 Å². The van der Waals surface area contributed by atoms with Crippen LogP contribution >= 0.6 is 23.2 Å². The molecule has 3 aromatic rings. The van der Waals surface area contributed by atoms with Crippen molar-refractivity contribution in [3.63, 3.8) is 0 Å². The predicted molar refractivity (Wildman–Crippen MR) is 119 cm³/mol. The fraction of sp³-hybridized carbons (Fsp3) is 0.261. The van der Waals surface area contributed by atoms with E-state index in [9.17, 15) is 4.79 Å². The zero-order valence-electron chi connectivity index (χ0n) is 17.2. The van der Waals surface area contributed by atoms with E-state index >= 15 is 0 Å². The van der Waals surface area contributed by atoms with Crippen LogP contribution in [0.15, 0.2) is 52.9 Å². The SMILES string of the molecule is CCOc1ccc(CNC(=O)c2ccc(COc3ccc(Cl)cc3Cl)o2)cc1OCC. The molecule has 8 heteroatoms. The molecule has 0 aliphatic rings. The van der Waals surface area contributed by atoms with E-state index < -0.39 is 0 Å². The van der Waals surface area contributed by atoms with Gasteiger partial charge in [-0.15, -0.1) is 0 Å². The second-order valence-corrected chi connectivity index (χ2v) is 7.30. The molecule has 0 bridgehead atoms. The highest BCUT2D eigenvalue weighted by molar-refractivity contribution is 6.35. The molecule has 0 unspecified atom stereocenters. The minimum atomic E-state index is -0.331. The number of hydrogen-bond donors (Lipinski definition) is 1. The number of rotatable bonds is 10. The molecule has 0 aliphatic carbocycles. The first-order valence-electron chi connectivity index (χ1n) is 9.83. The summed E-state index contributed by atoms with van der Waals surface area (Å²) in [4.78, 5) is 12.4. The fourth-order valence-corrected chi connectivity index (χ4v) is 3.26. The first kappa shape index (κ1) is 22.8. The van der Waals surface area contributed by atoms with Crippen molar-refractivity contribution in [2.24, 2.45) is 0 Å². The fourth-order valence-electron chi connectivity index (χ4n) is 2.79. The Bertz CT molecular complexity index is 1030. The number of benzene rings is 2. The molecule has 0 radical (unpaired) electrons. The number of hydrogen-bond acceptors (Lipinski definition) is 5. The van der Waals surface area contributed by atoms with Gasteiger partial charge in [0.15, 0.2) is 17.3 Å². The van der Waals surface area contributed by atoms with Crippen LogP contribution in [0.3, 0.4) is 0 Å². The molecular formula is C23H23Cl2NO5. The van der Waals surface area contributed by atoms with Gasteiger partial charge >= 0.3 is 0 Å². The van der Waals surface area contributed by atoms with Crippen LogP contribution in [0.1, 0.15) is 35.7 Å². The number of carbonyl (C=O) groups excluding carboxylic acids is 1. The normalized spacial score (nSPS) is 10.6. The molecule has 2 aromatic carbocycles. The van der Waals surface area contributed by atoms with Crippen molar-refractivity contribution in [3.8, 4) is 17.2 Å². The molecule has 1 heterocycles. The lowest BCUT2D eigenvalue weighted by Gasteiger charge is -2.12. The van der Waals surface area contributed by atoms with Crippen LogP contribution in [-0.2, 0) is 13.2 Å². The van der Waals surface area contributed by atoms with Gasteiger partial charge in [0.2, 0.25) is 0 Å². The summed E-state index contributed by atoms with van der Waals surface area (Å²) in [5.74, 6) is 2.16. The van der Waals surface area contributed by atoms with Crippen molar-refractivity contribution >= 4 is 29.1 Å². The Kier molecular flexibility index (Phi) is 8.09.